The lowest BCUT2D eigenvalue weighted by Gasteiger charge is -2.15. The molecule has 1 aromatic rings. The number of fused-ring (bicyclic) bond motifs is 1. The van der Waals surface area contributed by atoms with Gasteiger partial charge in [0.15, 0.2) is 11.6 Å². The van der Waals surface area contributed by atoms with Crippen molar-refractivity contribution in [3.05, 3.63) is 38.9 Å². The van der Waals surface area contributed by atoms with E-state index in [0.29, 0.717) is 12.8 Å². The molecular weight excluding hydrogens is 407 g/mol. The summed E-state index contributed by atoms with van der Waals surface area (Å²) in [6.07, 6.45) is 2.57. The molecule has 0 radical (unpaired) electrons. The van der Waals surface area contributed by atoms with Gasteiger partial charge in [-0.15, -0.1) is 0 Å². The van der Waals surface area contributed by atoms with Gasteiger partial charge in [0.25, 0.3) is 0 Å². The van der Waals surface area contributed by atoms with E-state index in [1.807, 2.05) is 0 Å². The van der Waals surface area contributed by atoms with E-state index in [4.69, 9.17) is 23.2 Å². The Kier molecular flexibility index (Phi) is 5.07. The van der Waals surface area contributed by atoms with Gasteiger partial charge in [-0.25, -0.2) is 8.42 Å². The summed E-state index contributed by atoms with van der Waals surface area (Å²) < 4.78 is 35.6. The first-order chi connectivity index (χ1) is 11.7. The number of sulfone groups is 1. The summed E-state index contributed by atoms with van der Waals surface area (Å²) in [6.45, 7) is 0. The highest BCUT2D eigenvalue weighted by Gasteiger charge is 2.45. The van der Waals surface area contributed by atoms with Gasteiger partial charge in [0.1, 0.15) is 0 Å². The smallest absolute Gasteiger partial charge is 0.227 e. The number of benzene rings is 1. The second-order valence-corrected chi connectivity index (χ2v) is 10.8. The number of allylic oxidation sites excluding steroid dienone is 2. The Bertz CT molecular complexity index is 919. The van der Waals surface area contributed by atoms with Crippen molar-refractivity contribution in [3.63, 3.8) is 0 Å². The van der Waals surface area contributed by atoms with Crippen LogP contribution in [0.15, 0.2) is 27.6 Å². The number of carbonyl (C=O) groups is 2. The molecule has 1 aliphatic heterocycles. The molecule has 25 heavy (non-hydrogen) atoms. The second-order valence-electron chi connectivity index (χ2n) is 5.97. The lowest BCUT2D eigenvalue weighted by molar-refractivity contribution is -0.115. The molecule has 0 amide bonds. The normalized spacial score (nSPS) is 23.5. The molecule has 1 aliphatic carbocycles. The Morgan fingerprint density at radius 3 is 2.56 bits per heavy atom. The van der Waals surface area contributed by atoms with Crippen LogP contribution < -0.4 is 0 Å². The SMILES string of the molecule is C[S+]([O-])C1Cc2c(ccc(C(=O)C3=C(Cl)CCCC3=O)c2Cl)S1(=O)=O. The summed E-state index contributed by atoms with van der Waals surface area (Å²) in [4.78, 5) is 24.8. The zero-order valence-electron chi connectivity index (χ0n) is 13.2. The van der Waals surface area contributed by atoms with Crippen molar-refractivity contribution in [1.29, 1.82) is 0 Å². The fourth-order valence-electron chi connectivity index (χ4n) is 3.14. The van der Waals surface area contributed by atoms with E-state index in [0.717, 1.165) is 0 Å². The molecule has 2 unspecified atom stereocenters. The Morgan fingerprint density at radius 2 is 1.96 bits per heavy atom. The number of ketones is 2. The second kappa shape index (κ2) is 6.70. The van der Waals surface area contributed by atoms with Crippen LogP contribution in [-0.2, 0) is 32.2 Å². The van der Waals surface area contributed by atoms with E-state index < -0.39 is 31.4 Å². The molecule has 0 aromatic heterocycles. The summed E-state index contributed by atoms with van der Waals surface area (Å²) >= 11 is 10.8. The van der Waals surface area contributed by atoms with Crippen molar-refractivity contribution in [1.82, 2.24) is 0 Å². The van der Waals surface area contributed by atoms with Crippen LogP contribution in [0.1, 0.15) is 35.2 Å². The molecule has 2 aliphatic rings. The van der Waals surface area contributed by atoms with E-state index >= 15 is 0 Å². The van der Waals surface area contributed by atoms with E-state index in [1.54, 1.807) is 0 Å². The molecule has 0 saturated carbocycles. The molecule has 1 heterocycles. The number of Topliss-reactive ketones (excluding diaryl/α,β-unsaturated/α-hetero) is 2. The largest absolute Gasteiger partial charge is 0.616 e. The van der Waals surface area contributed by atoms with Crippen molar-refractivity contribution >= 4 is 55.8 Å². The third-order valence-electron chi connectivity index (χ3n) is 4.42. The maximum absolute atomic E-state index is 12.8. The first-order valence-corrected chi connectivity index (χ1v) is 11.4. The Balaban J connectivity index is 2.10. The van der Waals surface area contributed by atoms with Crippen molar-refractivity contribution < 1.29 is 22.6 Å². The van der Waals surface area contributed by atoms with Gasteiger partial charge in [0.2, 0.25) is 14.4 Å². The predicted octanol–water partition coefficient (Wildman–Crippen LogP) is 2.80. The zero-order chi connectivity index (χ0) is 18.5. The predicted molar refractivity (Wildman–Crippen MR) is 96.3 cm³/mol. The van der Waals surface area contributed by atoms with Gasteiger partial charge in [0, 0.05) is 23.4 Å². The Morgan fingerprint density at radius 1 is 1.28 bits per heavy atom. The fraction of sp³-hybridized carbons (Fsp3) is 0.375. The molecule has 134 valence electrons. The number of hydrogen-bond donors (Lipinski definition) is 0. The van der Waals surface area contributed by atoms with Crippen LogP contribution in [0, 0.1) is 0 Å². The third kappa shape index (κ3) is 3.06. The summed E-state index contributed by atoms with van der Waals surface area (Å²) in [5, 5.41) is 0.187. The highest BCUT2D eigenvalue weighted by atomic mass is 35.5. The summed E-state index contributed by atoms with van der Waals surface area (Å²) in [6, 6.07) is 2.58. The van der Waals surface area contributed by atoms with Crippen molar-refractivity contribution in [2.45, 2.75) is 35.2 Å². The lowest BCUT2D eigenvalue weighted by Crippen LogP contribution is -2.26. The minimum absolute atomic E-state index is 0.00991. The van der Waals surface area contributed by atoms with E-state index in [1.165, 1.54) is 18.4 Å². The maximum atomic E-state index is 12.8. The molecule has 0 fully saturated rings. The van der Waals surface area contributed by atoms with Crippen LogP contribution in [0.2, 0.25) is 5.02 Å². The first kappa shape index (κ1) is 18.9. The molecule has 0 N–H and O–H groups in total. The number of hydrogen-bond acceptors (Lipinski definition) is 5. The summed E-state index contributed by atoms with van der Waals surface area (Å²) in [5.41, 5.74) is 0.237. The molecule has 3 rings (SSSR count). The van der Waals surface area contributed by atoms with E-state index in [2.05, 4.69) is 0 Å². The average molecular weight is 421 g/mol. The Labute approximate surface area is 158 Å². The van der Waals surface area contributed by atoms with Crippen LogP contribution in [0.3, 0.4) is 0 Å². The highest BCUT2D eigenvalue weighted by Crippen LogP contribution is 2.40. The molecule has 9 heteroatoms. The molecule has 5 nitrogen and oxygen atoms in total. The quantitative estimate of drug-likeness (QED) is 0.425. The van der Waals surface area contributed by atoms with Crippen LogP contribution >= 0.6 is 23.2 Å². The van der Waals surface area contributed by atoms with Crippen molar-refractivity contribution in [2.75, 3.05) is 6.26 Å². The average Bonchev–Trinajstić information content (AvgIpc) is 2.79. The van der Waals surface area contributed by atoms with Gasteiger partial charge in [-0.05, 0) is 41.7 Å². The molecular formula is C16H14Cl2O5S2. The van der Waals surface area contributed by atoms with Crippen molar-refractivity contribution in [2.24, 2.45) is 0 Å². The zero-order valence-corrected chi connectivity index (χ0v) is 16.3. The van der Waals surface area contributed by atoms with Gasteiger partial charge in [-0.3, -0.25) is 9.59 Å². The van der Waals surface area contributed by atoms with E-state index in [9.17, 15) is 22.6 Å². The molecule has 2 atom stereocenters. The number of halogens is 2. The van der Waals surface area contributed by atoms with Crippen molar-refractivity contribution in [3.8, 4) is 0 Å². The molecule has 0 saturated heterocycles. The van der Waals surface area contributed by atoms with Gasteiger partial charge in [-0.1, -0.05) is 23.2 Å². The minimum atomic E-state index is -3.76. The Hall–Kier alpha value is -0.860. The highest BCUT2D eigenvalue weighted by molar-refractivity contribution is 8.09. The van der Waals surface area contributed by atoms with Gasteiger partial charge in [0.05, 0.1) is 21.7 Å². The fourth-order valence-corrected chi connectivity index (χ4v) is 7.44. The van der Waals surface area contributed by atoms with Crippen LogP contribution in [0.5, 0.6) is 0 Å². The summed E-state index contributed by atoms with van der Waals surface area (Å²) in [5.74, 6) is -0.932. The minimum Gasteiger partial charge on any atom is -0.616 e. The monoisotopic (exact) mass is 420 g/mol. The third-order valence-corrected chi connectivity index (χ3v) is 9.56. The van der Waals surface area contributed by atoms with Crippen LogP contribution in [0.4, 0.5) is 0 Å². The van der Waals surface area contributed by atoms with Crippen LogP contribution in [-0.4, -0.2) is 35.4 Å². The van der Waals surface area contributed by atoms with E-state index in [-0.39, 0.29) is 50.3 Å². The van der Waals surface area contributed by atoms with Crippen LogP contribution in [0.25, 0.3) is 0 Å². The van der Waals surface area contributed by atoms with Gasteiger partial charge >= 0.3 is 0 Å². The van der Waals surface area contributed by atoms with Gasteiger partial charge < -0.3 is 4.55 Å². The maximum Gasteiger partial charge on any atom is 0.227 e. The molecule has 0 spiro atoms. The van der Waals surface area contributed by atoms with Gasteiger partial charge in [-0.2, -0.15) is 0 Å². The summed E-state index contributed by atoms with van der Waals surface area (Å²) in [7, 11) is -3.76. The topological polar surface area (TPSA) is 91.3 Å². The molecule has 1 aromatic carbocycles. The first-order valence-electron chi connectivity index (χ1n) is 7.50. The number of carbonyl (C=O) groups excluding carboxylic acids is 2. The number of rotatable bonds is 3. The lowest BCUT2D eigenvalue weighted by atomic mass is 9.91. The molecule has 0 bridgehead atoms. The standard InChI is InChI=1S/C16H14Cl2O5S2/c1-24(21)13-7-9-12(25(13,22)23)6-5-8(15(9)18)16(20)14-10(17)3-2-4-11(14)19/h5-6,13H,2-4,7H2,1H3.